The lowest BCUT2D eigenvalue weighted by Crippen LogP contribution is -2.21. The molecule has 4 rings (SSSR count). The van der Waals surface area contributed by atoms with E-state index in [1.165, 1.54) is 18.4 Å². The maximum Gasteiger partial charge on any atom is 0.337 e. The molecule has 9 heteroatoms. The summed E-state index contributed by atoms with van der Waals surface area (Å²) >= 11 is 1.43. The van der Waals surface area contributed by atoms with Crippen LogP contribution in [0, 0.1) is 0 Å². The normalized spacial score (nSPS) is 15.1. The number of aliphatic imine (C=N–C) groups is 1. The van der Waals surface area contributed by atoms with E-state index in [9.17, 15) is 14.4 Å². The largest absolute Gasteiger partial charge is 0.481 e. The van der Waals surface area contributed by atoms with Crippen molar-refractivity contribution >= 4 is 46.3 Å². The van der Waals surface area contributed by atoms with Gasteiger partial charge >= 0.3 is 11.9 Å². The molecule has 1 atom stereocenters. The Morgan fingerprint density at radius 1 is 1.11 bits per heavy atom. The van der Waals surface area contributed by atoms with E-state index in [1.54, 1.807) is 18.2 Å². The van der Waals surface area contributed by atoms with Crippen LogP contribution < -0.4 is 5.32 Å². The fraction of sp³-hybridized carbons (Fsp3) is 0.259. The first-order chi connectivity index (χ1) is 17.2. The number of aryl methyl sites for hydroxylation is 1. The minimum absolute atomic E-state index is 0.0268. The Bertz CT molecular complexity index is 1330. The summed E-state index contributed by atoms with van der Waals surface area (Å²) in [6.07, 6.45) is 0.424. The van der Waals surface area contributed by atoms with Crippen molar-refractivity contribution in [2.75, 3.05) is 26.5 Å². The van der Waals surface area contributed by atoms with Gasteiger partial charge < -0.3 is 20.1 Å². The van der Waals surface area contributed by atoms with E-state index in [1.807, 2.05) is 49.8 Å². The van der Waals surface area contributed by atoms with E-state index in [2.05, 4.69) is 10.2 Å². The molecule has 3 aromatic rings. The monoisotopic (exact) mass is 505 g/mol. The molecular formula is C27H27N3O5S. The summed E-state index contributed by atoms with van der Waals surface area (Å²) in [6.45, 7) is 0.801. The van der Waals surface area contributed by atoms with Crippen LogP contribution in [0.1, 0.15) is 44.3 Å². The number of esters is 1. The van der Waals surface area contributed by atoms with Gasteiger partial charge in [-0.15, -0.1) is 11.3 Å². The Kier molecular flexibility index (Phi) is 7.61. The lowest BCUT2D eigenvalue weighted by atomic mass is 9.93. The SMILES string of the molecule is COC(=O)c1ccc2c(c1)NC(=O)C2C(=Nc1ccc(CN(C)C)cc1)c1cc(CCC(=O)O)cs1. The van der Waals surface area contributed by atoms with Crippen molar-refractivity contribution in [3.63, 3.8) is 0 Å². The van der Waals surface area contributed by atoms with Crippen molar-refractivity contribution in [3.8, 4) is 0 Å². The summed E-state index contributed by atoms with van der Waals surface area (Å²) in [6, 6.07) is 14.8. The van der Waals surface area contributed by atoms with Crippen molar-refractivity contribution in [2.24, 2.45) is 4.99 Å². The first-order valence-corrected chi connectivity index (χ1v) is 12.3. The number of benzene rings is 2. The van der Waals surface area contributed by atoms with Gasteiger partial charge in [-0.05, 0) is 72.9 Å². The molecule has 1 aromatic heterocycles. The number of carboxylic acids is 1. The lowest BCUT2D eigenvalue weighted by Gasteiger charge is -2.13. The smallest absolute Gasteiger partial charge is 0.337 e. The van der Waals surface area contributed by atoms with Crippen LogP contribution in [0.4, 0.5) is 11.4 Å². The molecule has 1 aliphatic rings. The second kappa shape index (κ2) is 10.8. The van der Waals surface area contributed by atoms with Crippen LogP contribution in [0.5, 0.6) is 0 Å². The highest BCUT2D eigenvalue weighted by atomic mass is 32.1. The molecule has 0 spiro atoms. The standard InChI is InChI=1S/C27H27N3O5S/c1-30(2)14-16-4-8-19(9-5-16)28-25(22-12-17(15-36-22)6-11-23(31)32)24-20-10-7-18(27(34)35-3)13-21(20)29-26(24)33/h4-5,7-10,12-13,15,24H,6,11,14H2,1-3H3,(H,29,33)(H,31,32). The third-order valence-electron chi connectivity index (χ3n) is 5.80. The quantitative estimate of drug-likeness (QED) is 0.328. The van der Waals surface area contributed by atoms with Gasteiger partial charge in [0, 0.05) is 23.5 Å². The predicted molar refractivity (Wildman–Crippen MR) is 139 cm³/mol. The fourth-order valence-electron chi connectivity index (χ4n) is 4.11. The predicted octanol–water partition coefficient (Wildman–Crippen LogP) is 4.47. The second-order valence-corrected chi connectivity index (χ2v) is 9.74. The number of carbonyl (C=O) groups excluding carboxylic acids is 2. The number of fused-ring (bicyclic) bond motifs is 1. The Morgan fingerprint density at radius 2 is 1.86 bits per heavy atom. The van der Waals surface area contributed by atoms with Gasteiger partial charge in [0.05, 0.1) is 24.1 Å². The Hall–Kier alpha value is -3.82. The van der Waals surface area contributed by atoms with Crippen molar-refractivity contribution in [1.82, 2.24) is 4.90 Å². The highest BCUT2D eigenvalue weighted by molar-refractivity contribution is 7.12. The van der Waals surface area contributed by atoms with Gasteiger partial charge in [-0.1, -0.05) is 18.2 Å². The number of rotatable bonds is 9. The van der Waals surface area contributed by atoms with Crippen molar-refractivity contribution < 1.29 is 24.2 Å². The van der Waals surface area contributed by atoms with Crippen molar-refractivity contribution in [1.29, 1.82) is 0 Å². The summed E-state index contributed by atoms with van der Waals surface area (Å²) in [5.41, 5.74) is 4.92. The zero-order chi connectivity index (χ0) is 25.8. The number of nitrogens with zero attached hydrogens (tertiary/aromatic N) is 2. The lowest BCUT2D eigenvalue weighted by molar-refractivity contribution is -0.137. The Balaban J connectivity index is 1.75. The zero-order valence-electron chi connectivity index (χ0n) is 20.3. The molecule has 0 bridgehead atoms. The molecule has 0 radical (unpaired) electrons. The van der Waals surface area contributed by atoms with Crippen LogP contribution in [0.2, 0.25) is 0 Å². The fourth-order valence-corrected chi connectivity index (χ4v) is 5.08. The third kappa shape index (κ3) is 5.69. The molecule has 1 aliphatic heterocycles. The molecule has 0 aliphatic carbocycles. The highest BCUT2D eigenvalue weighted by Gasteiger charge is 2.36. The summed E-state index contributed by atoms with van der Waals surface area (Å²) in [5, 5.41) is 13.8. The van der Waals surface area contributed by atoms with Gasteiger partial charge in [-0.2, -0.15) is 0 Å². The second-order valence-electron chi connectivity index (χ2n) is 8.83. The Labute approximate surface area is 213 Å². The molecule has 2 N–H and O–H groups in total. The number of hydrogen-bond donors (Lipinski definition) is 2. The van der Waals surface area contributed by atoms with Crippen molar-refractivity contribution in [3.05, 3.63) is 81.0 Å². The van der Waals surface area contributed by atoms with E-state index in [-0.39, 0.29) is 12.3 Å². The summed E-state index contributed by atoms with van der Waals surface area (Å²) < 4.78 is 4.80. The third-order valence-corrected chi connectivity index (χ3v) is 6.80. The Morgan fingerprint density at radius 3 is 2.53 bits per heavy atom. The number of hydrogen-bond acceptors (Lipinski definition) is 7. The van der Waals surface area contributed by atoms with E-state index < -0.39 is 17.9 Å². The van der Waals surface area contributed by atoms with Gasteiger partial charge in [-0.25, -0.2) is 4.79 Å². The van der Waals surface area contributed by atoms with Gasteiger partial charge in [-0.3, -0.25) is 14.6 Å². The minimum atomic E-state index is -0.861. The van der Waals surface area contributed by atoms with Crippen LogP contribution >= 0.6 is 11.3 Å². The molecule has 186 valence electrons. The number of thiophene rings is 1. The number of aliphatic carboxylic acids is 1. The molecule has 0 saturated heterocycles. The molecule has 2 heterocycles. The minimum Gasteiger partial charge on any atom is -0.481 e. The average Bonchev–Trinajstić information content (AvgIpc) is 3.44. The average molecular weight is 506 g/mol. The molecular weight excluding hydrogens is 478 g/mol. The van der Waals surface area contributed by atoms with Gasteiger partial charge in [0.15, 0.2) is 0 Å². The summed E-state index contributed by atoms with van der Waals surface area (Å²) in [7, 11) is 5.32. The number of carboxylic acid groups (broad SMARTS) is 1. The van der Waals surface area contributed by atoms with Gasteiger partial charge in [0.2, 0.25) is 5.91 Å². The van der Waals surface area contributed by atoms with Crippen LogP contribution in [0.3, 0.4) is 0 Å². The van der Waals surface area contributed by atoms with Crippen LogP contribution in [0.15, 0.2) is 58.9 Å². The number of methoxy groups -OCH3 is 1. The number of carbonyl (C=O) groups is 3. The van der Waals surface area contributed by atoms with E-state index in [4.69, 9.17) is 14.8 Å². The maximum absolute atomic E-state index is 13.2. The van der Waals surface area contributed by atoms with Crippen molar-refractivity contribution in [2.45, 2.75) is 25.3 Å². The van der Waals surface area contributed by atoms with Crippen LogP contribution in [0.25, 0.3) is 0 Å². The van der Waals surface area contributed by atoms with E-state index in [0.29, 0.717) is 29.1 Å². The van der Waals surface area contributed by atoms with E-state index in [0.717, 1.165) is 28.1 Å². The summed E-state index contributed by atoms with van der Waals surface area (Å²) in [5.74, 6) is -2.27. The molecule has 0 fully saturated rings. The topological polar surface area (TPSA) is 108 Å². The highest BCUT2D eigenvalue weighted by Crippen LogP contribution is 2.38. The number of ether oxygens (including phenoxy) is 1. The van der Waals surface area contributed by atoms with Crippen LogP contribution in [-0.2, 0) is 27.3 Å². The zero-order valence-corrected chi connectivity index (χ0v) is 21.1. The number of amides is 1. The van der Waals surface area contributed by atoms with E-state index >= 15 is 0 Å². The molecule has 1 amide bonds. The molecule has 1 unspecified atom stereocenters. The van der Waals surface area contributed by atoms with Gasteiger partial charge in [0.1, 0.15) is 5.92 Å². The summed E-state index contributed by atoms with van der Waals surface area (Å²) in [4.78, 5) is 44.0. The molecule has 2 aromatic carbocycles. The maximum atomic E-state index is 13.2. The first-order valence-electron chi connectivity index (χ1n) is 11.4. The molecule has 0 saturated carbocycles. The molecule has 36 heavy (non-hydrogen) atoms. The van der Waals surface area contributed by atoms with Gasteiger partial charge in [0.25, 0.3) is 0 Å². The number of nitrogens with one attached hydrogen (secondary N) is 1. The first kappa shape index (κ1) is 25.3. The van der Waals surface area contributed by atoms with Crippen LogP contribution in [-0.4, -0.2) is 54.8 Å². The molecule has 8 nitrogen and oxygen atoms in total. The number of anilines is 1.